The van der Waals surface area contributed by atoms with Gasteiger partial charge in [-0.25, -0.2) is 9.97 Å². The third-order valence-electron chi connectivity index (χ3n) is 4.82. The molecule has 0 aliphatic carbocycles. The Hall–Kier alpha value is -2.94. The highest BCUT2D eigenvalue weighted by Gasteiger charge is 2.14. The summed E-state index contributed by atoms with van der Waals surface area (Å²) in [6, 6.07) is 16.2. The predicted molar refractivity (Wildman–Crippen MR) is 125 cm³/mol. The van der Waals surface area contributed by atoms with E-state index in [4.69, 9.17) is 16.6 Å². The normalized spacial score (nSPS) is 11.4. The smallest absolute Gasteiger partial charge is 0.262 e. The molecule has 0 N–H and O–H groups in total. The molecule has 2 aromatic carbocycles. The zero-order chi connectivity index (χ0) is 21.4. The first-order chi connectivity index (χ1) is 15.1. The van der Waals surface area contributed by atoms with Crippen LogP contribution in [0, 0.1) is 0 Å². The number of para-hydroxylation sites is 1. The van der Waals surface area contributed by atoms with Gasteiger partial charge in [0.15, 0.2) is 10.1 Å². The number of thioether (sulfide) groups is 1. The second kappa shape index (κ2) is 8.30. The van der Waals surface area contributed by atoms with Crippen molar-refractivity contribution in [3.63, 3.8) is 0 Å². The van der Waals surface area contributed by atoms with Crippen LogP contribution in [0.15, 0.2) is 80.9 Å². The lowest BCUT2D eigenvalue weighted by Crippen LogP contribution is -2.24. The van der Waals surface area contributed by atoms with Gasteiger partial charge >= 0.3 is 0 Å². The summed E-state index contributed by atoms with van der Waals surface area (Å²) in [4.78, 5) is 35.5. The minimum Gasteiger partial charge on any atom is -0.283 e. The van der Waals surface area contributed by atoms with Crippen LogP contribution in [-0.4, -0.2) is 18.9 Å². The molecular formula is C22H15ClN4O2S2. The summed E-state index contributed by atoms with van der Waals surface area (Å²) in [7, 11) is 0. The van der Waals surface area contributed by atoms with E-state index in [0.29, 0.717) is 44.0 Å². The number of fused-ring (bicyclic) bond motifs is 2. The second-order valence-corrected chi connectivity index (χ2v) is 9.05. The number of aromatic nitrogens is 4. The van der Waals surface area contributed by atoms with E-state index < -0.39 is 0 Å². The number of benzene rings is 2. The van der Waals surface area contributed by atoms with Crippen LogP contribution in [0.3, 0.4) is 0 Å². The average molecular weight is 467 g/mol. The van der Waals surface area contributed by atoms with Crippen molar-refractivity contribution in [2.75, 3.05) is 0 Å². The van der Waals surface area contributed by atoms with Gasteiger partial charge < -0.3 is 0 Å². The Morgan fingerprint density at radius 2 is 1.84 bits per heavy atom. The van der Waals surface area contributed by atoms with Gasteiger partial charge in [0, 0.05) is 28.4 Å². The molecule has 0 aliphatic heterocycles. The molecule has 154 valence electrons. The highest BCUT2D eigenvalue weighted by Crippen LogP contribution is 2.24. The fourth-order valence-corrected chi connectivity index (χ4v) is 5.12. The number of nitrogens with zero attached hydrogens (tertiary/aromatic N) is 4. The van der Waals surface area contributed by atoms with Crippen LogP contribution >= 0.6 is 34.7 Å². The Bertz CT molecular complexity index is 1540. The Balaban J connectivity index is 1.56. The van der Waals surface area contributed by atoms with Crippen molar-refractivity contribution in [1.29, 1.82) is 0 Å². The Morgan fingerprint density at radius 1 is 1.03 bits per heavy atom. The van der Waals surface area contributed by atoms with Crippen LogP contribution in [0.2, 0.25) is 5.02 Å². The molecule has 3 aromatic heterocycles. The van der Waals surface area contributed by atoms with Crippen LogP contribution in [0.4, 0.5) is 0 Å². The maximum Gasteiger partial charge on any atom is 0.262 e. The van der Waals surface area contributed by atoms with Gasteiger partial charge in [0.1, 0.15) is 0 Å². The quantitative estimate of drug-likeness (QED) is 0.282. The number of thiazole rings is 1. The van der Waals surface area contributed by atoms with E-state index in [-0.39, 0.29) is 11.1 Å². The van der Waals surface area contributed by atoms with Crippen LogP contribution in [0.1, 0.15) is 11.3 Å². The van der Waals surface area contributed by atoms with E-state index >= 15 is 0 Å². The first-order valence-corrected chi connectivity index (χ1v) is 11.7. The van der Waals surface area contributed by atoms with Gasteiger partial charge in [0.05, 0.1) is 23.1 Å². The molecule has 0 saturated carbocycles. The first-order valence-electron chi connectivity index (χ1n) is 9.42. The molecule has 6 nitrogen and oxygen atoms in total. The van der Waals surface area contributed by atoms with Gasteiger partial charge in [0.2, 0.25) is 0 Å². The molecule has 3 heterocycles. The molecule has 0 saturated heterocycles. The summed E-state index contributed by atoms with van der Waals surface area (Å²) in [5.41, 5.74) is 1.86. The topological polar surface area (TPSA) is 69.3 Å². The Morgan fingerprint density at radius 3 is 2.71 bits per heavy atom. The molecule has 0 amide bonds. The van der Waals surface area contributed by atoms with Crippen LogP contribution in [-0.2, 0) is 12.3 Å². The predicted octanol–water partition coefficient (Wildman–Crippen LogP) is 4.46. The molecular weight excluding hydrogens is 452 g/mol. The number of rotatable bonds is 5. The van der Waals surface area contributed by atoms with Crippen LogP contribution in [0.25, 0.3) is 15.9 Å². The summed E-state index contributed by atoms with van der Waals surface area (Å²) >= 11 is 9.13. The van der Waals surface area contributed by atoms with Crippen molar-refractivity contribution >= 4 is 50.6 Å². The van der Waals surface area contributed by atoms with Crippen molar-refractivity contribution in [2.24, 2.45) is 0 Å². The number of halogens is 1. The summed E-state index contributed by atoms with van der Waals surface area (Å²) in [5.74, 6) is 0.414. The van der Waals surface area contributed by atoms with E-state index in [1.165, 1.54) is 33.6 Å². The molecule has 0 bridgehead atoms. The van der Waals surface area contributed by atoms with Crippen molar-refractivity contribution < 1.29 is 0 Å². The molecule has 0 fully saturated rings. The van der Waals surface area contributed by atoms with Gasteiger partial charge in [0.25, 0.3) is 11.1 Å². The molecule has 0 spiro atoms. The van der Waals surface area contributed by atoms with E-state index in [1.807, 2.05) is 41.8 Å². The van der Waals surface area contributed by atoms with Crippen LogP contribution < -0.4 is 11.1 Å². The Labute approximate surface area is 189 Å². The molecule has 31 heavy (non-hydrogen) atoms. The molecule has 0 atom stereocenters. The second-order valence-electron chi connectivity index (χ2n) is 6.82. The van der Waals surface area contributed by atoms with Gasteiger partial charge in [-0.2, -0.15) is 0 Å². The highest BCUT2D eigenvalue weighted by atomic mass is 35.5. The van der Waals surface area contributed by atoms with E-state index in [0.717, 1.165) is 5.56 Å². The monoisotopic (exact) mass is 466 g/mol. The average Bonchev–Trinajstić information content (AvgIpc) is 3.25. The lowest BCUT2D eigenvalue weighted by Gasteiger charge is -2.14. The standard InChI is InChI=1S/C22H15ClN4O2S2/c23-17-7-3-1-5-14(17)12-27-20(29)16-6-2-4-8-18(16)25-22(27)31-13-15-11-19(28)26-9-10-30-21(26)24-15/h1-11H,12-13H2. The Kier molecular flexibility index (Phi) is 5.35. The molecule has 9 heteroatoms. The zero-order valence-corrected chi connectivity index (χ0v) is 18.5. The van der Waals surface area contributed by atoms with Gasteiger partial charge in [-0.05, 0) is 23.8 Å². The number of hydrogen-bond acceptors (Lipinski definition) is 6. The van der Waals surface area contributed by atoms with Crippen molar-refractivity contribution in [2.45, 2.75) is 17.5 Å². The van der Waals surface area contributed by atoms with Gasteiger partial charge in [-0.1, -0.05) is 53.7 Å². The molecule has 0 unspecified atom stereocenters. The maximum atomic E-state index is 13.3. The van der Waals surface area contributed by atoms with Crippen molar-refractivity contribution in [3.8, 4) is 0 Å². The van der Waals surface area contributed by atoms with E-state index in [9.17, 15) is 9.59 Å². The van der Waals surface area contributed by atoms with Gasteiger partial charge in [-0.15, -0.1) is 11.3 Å². The SMILES string of the molecule is O=c1c2ccccc2nc(SCc2cc(=O)n3ccsc3n2)n1Cc1ccccc1Cl. The maximum absolute atomic E-state index is 13.3. The van der Waals surface area contributed by atoms with E-state index in [1.54, 1.807) is 22.9 Å². The lowest BCUT2D eigenvalue weighted by molar-refractivity contribution is 0.658. The minimum atomic E-state index is -0.130. The molecule has 0 radical (unpaired) electrons. The fourth-order valence-electron chi connectivity index (χ4n) is 3.29. The molecule has 5 aromatic rings. The van der Waals surface area contributed by atoms with Crippen LogP contribution in [0.5, 0.6) is 0 Å². The summed E-state index contributed by atoms with van der Waals surface area (Å²) in [6.07, 6.45) is 1.71. The summed E-state index contributed by atoms with van der Waals surface area (Å²) < 4.78 is 3.14. The minimum absolute atomic E-state index is 0.123. The zero-order valence-electron chi connectivity index (χ0n) is 16.1. The third-order valence-corrected chi connectivity index (χ3v) is 6.95. The fraction of sp³-hybridized carbons (Fsp3) is 0.0909. The third kappa shape index (κ3) is 3.89. The van der Waals surface area contributed by atoms with Crippen molar-refractivity contribution in [1.82, 2.24) is 18.9 Å². The highest BCUT2D eigenvalue weighted by molar-refractivity contribution is 7.98. The molecule has 5 rings (SSSR count). The lowest BCUT2D eigenvalue weighted by atomic mass is 10.2. The van der Waals surface area contributed by atoms with E-state index in [2.05, 4.69) is 4.98 Å². The molecule has 0 aliphatic rings. The van der Waals surface area contributed by atoms with Crippen molar-refractivity contribution in [3.05, 3.63) is 103 Å². The largest absolute Gasteiger partial charge is 0.283 e. The first kappa shape index (κ1) is 20.0. The summed E-state index contributed by atoms with van der Waals surface area (Å²) in [5, 5.41) is 3.52. The summed E-state index contributed by atoms with van der Waals surface area (Å²) in [6.45, 7) is 0.304. The van der Waals surface area contributed by atoms with Gasteiger partial charge in [-0.3, -0.25) is 18.6 Å². The number of hydrogen-bond donors (Lipinski definition) is 0.